The van der Waals surface area contributed by atoms with E-state index in [1.165, 1.54) is 5.56 Å². The van der Waals surface area contributed by atoms with E-state index in [2.05, 4.69) is 14.9 Å². The second-order valence-electron chi connectivity index (χ2n) is 4.82. The van der Waals surface area contributed by atoms with Crippen LogP contribution in [-0.2, 0) is 23.0 Å². The molecule has 0 aliphatic rings. The maximum absolute atomic E-state index is 12.2. The third-order valence-electron chi connectivity index (χ3n) is 3.27. The van der Waals surface area contributed by atoms with Crippen LogP contribution in [0.2, 0.25) is 0 Å². The van der Waals surface area contributed by atoms with Crippen molar-refractivity contribution >= 4 is 10.0 Å². The van der Waals surface area contributed by atoms with Crippen LogP contribution in [0.1, 0.15) is 23.2 Å². The SMILES string of the molecule is Cc1[nH]nc(S(=O)(=O)NCCCc2ccccc2)c1CN. The lowest BCUT2D eigenvalue weighted by atomic mass is 10.1. The van der Waals surface area contributed by atoms with Crippen molar-refractivity contribution in [3.05, 3.63) is 47.2 Å². The van der Waals surface area contributed by atoms with Crippen LogP contribution in [-0.4, -0.2) is 25.2 Å². The molecule has 2 rings (SSSR count). The van der Waals surface area contributed by atoms with E-state index in [1.54, 1.807) is 6.92 Å². The Labute approximate surface area is 124 Å². The molecule has 0 aliphatic carbocycles. The predicted molar refractivity (Wildman–Crippen MR) is 81.2 cm³/mol. The van der Waals surface area contributed by atoms with Gasteiger partial charge in [-0.15, -0.1) is 0 Å². The van der Waals surface area contributed by atoms with Crippen molar-refractivity contribution in [2.75, 3.05) is 6.54 Å². The first-order valence-electron chi connectivity index (χ1n) is 6.82. The van der Waals surface area contributed by atoms with E-state index in [-0.39, 0.29) is 11.6 Å². The molecule has 4 N–H and O–H groups in total. The van der Waals surface area contributed by atoms with Gasteiger partial charge in [-0.25, -0.2) is 13.1 Å². The maximum Gasteiger partial charge on any atom is 0.260 e. The smallest absolute Gasteiger partial charge is 0.260 e. The third kappa shape index (κ3) is 3.90. The predicted octanol–water partition coefficient (Wildman–Crippen LogP) is 1.09. The molecule has 6 nitrogen and oxygen atoms in total. The molecule has 0 amide bonds. The van der Waals surface area contributed by atoms with Crippen LogP contribution in [0.4, 0.5) is 0 Å². The Morgan fingerprint density at radius 3 is 2.67 bits per heavy atom. The molecule has 1 aromatic heterocycles. The van der Waals surface area contributed by atoms with Crippen LogP contribution >= 0.6 is 0 Å². The highest BCUT2D eigenvalue weighted by Crippen LogP contribution is 2.15. The zero-order valence-corrected chi connectivity index (χ0v) is 12.8. The van der Waals surface area contributed by atoms with Crippen LogP contribution in [0.25, 0.3) is 0 Å². The summed E-state index contributed by atoms with van der Waals surface area (Å²) in [6, 6.07) is 9.95. The average Bonchev–Trinajstić information content (AvgIpc) is 2.86. The molecule has 21 heavy (non-hydrogen) atoms. The lowest BCUT2D eigenvalue weighted by Gasteiger charge is -2.06. The summed E-state index contributed by atoms with van der Waals surface area (Å²) in [6.45, 7) is 2.26. The first-order valence-corrected chi connectivity index (χ1v) is 8.30. The highest BCUT2D eigenvalue weighted by molar-refractivity contribution is 7.89. The van der Waals surface area contributed by atoms with E-state index < -0.39 is 10.0 Å². The molecular weight excluding hydrogens is 288 g/mol. The Morgan fingerprint density at radius 1 is 1.29 bits per heavy atom. The molecule has 7 heteroatoms. The van der Waals surface area contributed by atoms with Crippen LogP contribution < -0.4 is 10.5 Å². The third-order valence-corrected chi connectivity index (χ3v) is 4.70. The molecule has 0 saturated carbocycles. The molecule has 0 saturated heterocycles. The number of aromatic amines is 1. The highest BCUT2D eigenvalue weighted by atomic mass is 32.2. The van der Waals surface area contributed by atoms with Crippen molar-refractivity contribution in [1.82, 2.24) is 14.9 Å². The van der Waals surface area contributed by atoms with Crippen molar-refractivity contribution in [2.45, 2.75) is 31.3 Å². The molecule has 1 aromatic carbocycles. The van der Waals surface area contributed by atoms with Crippen molar-refractivity contribution < 1.29 is 8.42 Å². The van der Waals surface area contributed by atoms with E-state index in [0.29, 0.717) is 17.8 Å². The van der Waals surface area contributed by atoms with Gasteiger partial charge in [0.2, 0.25) is 0 Å². The van der Waals surface area contributed by atoms with E-state index in [0.717, 1.165) is 12.8 Å². The Bertz CT molecular complexity index is 680. The zero-order valence-electron chi connectivity index (χ0n) is 12.0. The number of hydrogen-bond donors (Lipinski definition) is 3. The van der Waals surface area contributed by atoms with E-state index >= 15 is 0 Å². The second kappa shape index (κ2) is 6.84. The topological polar surface area (TPSA) is 101 Å². The minimum atomic E-state index is -3.61. The Hall–Kier alpha value is -1.70. The Morgan fingerprint density at radius 2 is 2.00 bits per heavy atom. The second-order valence-corrected chi connectivity index (χ2v) is 6.51. The van der Waals surface area contributed by atoms with Crippen LogP contribution in [0.3, 0.4) is 0 Å². The molecule has 1 heterocycles. The summed E-state index contributed by atoms with van der Waals surface area (Å²) in [5.41, 5.74) is 7.98. The molecule has 0 atom stereocenters. The number of nitrogens with zero attached hydrogens (tertiary/aromatic N) is 1. The summed E-state index contributed by atoms with van der Waals surface area (Å²) in [5, 5.41) is 6.50. The van der Waals surface area contributed by atoms with Gasteiger partial charge >= 0.3 is 0 Å². The van der Waals surface area contributed by atoms with E-state index in [9.17, 15) is 8.42 Å². The van der Waals surface area contributed by atoms with Gasteiger partial charge in [-0.2, -0.15) is 5.10 Å². The number of benzene rings is 1. The summed E-state index contributed by atoms with van der Waals surface area (Å²) >= 11 is 0. The van der Waals surface area contributed by atoms with Gasteiger partial charge in [0.05, 0.1) is 0 Å². The highest BCUT2D eigenvalue weighted by Gasteiger charge is 2.22. The molecule has 0 spiro atoms. The number of sulfonamides is 1. The number of nitrogens with one attached hydrogen (secondary N) is 2. The molecule has 0 unspecified atom stereocenters. The first kappa shape index (κ1) is 15.7. The minimum absolute atomic E-state index is 0.00205. The van der Waals surface area contributed by atoms with Gasteiger partial charge in [-0.3, -0.25) is 5.10 Å². The Balaban J connectivity index is 1.92. The van der Waals surface area contributed by atoms with Crippen LogP contribution in [0, 0.1) is 6.92 Å². The summed E-state index contributed by atoms with van der Waals surface area (Å²) in [5.74, 6) is 0. The summed E-state index contributed by atoms with van der Waals surface area (Å²) in [6.07, 6.45) is 1.55. The fraction of sp³-hybridized carbons (Fsp3) is 0.357. The number of rotatable bonds is 7. The lowest BCUT2D eigenvalue weighted by molar-refractivity contribution is 0.573. The fourth-order valence-corrected chi connectivity index (χ4v) is 3.38. The number of aryl methyl sites for hydroxylation is 2. The summed E-state index contributed by atoms with van der Waals surface area (Å²) in [4.78, 5) is 0. The molecule has 0 aliphatic heterocycles. The first-order chi connectivity index (χ1) is 10.0. The average molecular weight is 308 g/mol. The van der Waals surface area contributed by atoms with E-state index in [1.807, 2.05) is 30.3 Å². The molecule has 0 fully saturated rings. The van der Waals surface area contributed by atoms with Crippen molar-refractivity contribution in [2.24, 2.45) is 5.73 Å². The van der Waals surface area contributed by atoms with Crippen LogP contribution in [0.5, 0.6) is 0 Å². The van der Waals surface area contributed by atoms with Gasteiger partial charge < -0.3 is 5.73 Å². The standard InChI is InChI=1S/C14H20N4O2S/c1-11-13(10-15)14(18-17-11)21(19,20)16-9-5-8-12-6-3-2-4-7-12/h2-4,6-7,16H,5,8-10,15H2,1H3,(H,17,18). The van der Waals surface area contributed by atoms with Gasteiger partial charge in [-0.1, -0.05) is 30.3 Å². The van der Waals surface area contributed by atoms with Crippen molar-refractivity contribution in [3.8, 4) is 0 Å². The molecule has 114 valence electrons. The monoisotopic (exact) mass is 308 g/mol. The van der Waals surface area contributed by atoms with Gasteiger partial charge in [0, 0.05) is 24.3 Å². The molecule has 0 bridgehead atoms. The number of nitrogens with two attached hydrogens (primary N) is 1. The van der Waals surface area contributed by atoms with Gasteiger partial charge in [-0.05, 0) is 25.3 Å². The molecule has 2 aromatic rings. The quantitative estimate of drug-likeness (QED) is 0.666. The summed E-state index contributed by atoms with van der Waals surface area (Å²) in [7, 11) is -3.61. The molecule has 0 radical (unpaired) electrons. The van der Waals surface area contributed by atoms with Gasteiger partial charge in [0.25, 0.3) is 10.0 Å². The fourth-order valence-electron chi connectivity index (χ4n) is 2.10. The van der Waals surface area contributed by atoms with Gasteiger partial charge in [0.1, 0.15) is 0 Å². The van der Waals surface area contributed by atoms with Crippen molar-refractivity contribution in [1.29, 1.82) is 0 Å². The molecular formula is C14H20N4O2S. The van der Waals surface area contributed by atoms with Gasteiger partial charge in [0.15, 0.2) is 5.03 Å². The van der Waals surface area contributed by atoms with E-state index in [4.69, 9.17) is 5.73 Å². The largest absolute Gasteiger partial charge is 0.326 e. The number of aromatic nitrogens is 2. The minimum Gasteiger partial charge on any atom is -0.326 e. The van der Waals surface area contributed by atoms with Crippen molar-refractivity contribution in [3.63, 3.8) is 0 Å². The lowest BCUT2D eigenvalue weighted by Crippen LogP contribution is -2.26. The van der Waals surface area contributed by atoms with Crippen LogP contribution in [0.15, 0.2) is 35.4 Å². The Kier molecular flexibility index (Phi) is 5.11. The summed E-state index contributed by atoms with van der Waals surface area (Å²) < 4.78 is 26.9. The zero-order chi connectivity index (χ0) is 15.3. The maximum atomic E-state index is 12.2. The normalized spacial score (nSPS) is 11.7. The number of H-pyrrole nitrogens is 1. The number of hydrogen-bond acceptors (Lipinski definition) is 4.